The minimum Gasteiger partial charge on any atom is -0.481 e. The van der Waals surface area contributed by atoms with Gasteiger partial charge in [-0.25, -0.2) is 0 Å². The predicted octanol–water partition coefficient (Wildman–Crippen LogP) is 2.36. The Balaban J connectivity index is 1.64. The minimum atomic E-state index is -0.784. The second-order valence-electron chi connectivity index (χ2n) is 6.76. The molecule has 0 saturated carbocycles. The van der Waals surface area contributed by atoms with Gasteiger partial charge in [0.15, 0.2) is 0 Å². The van der Waals surface area contributed by atoms with Crippen LogP contribution in [0.5, 0.6) is 0 Å². The summed E-state index contributed by atoms with van der Waals surface area (Å²) in [6.45, 7) is 1.12. The van der Waals surface area contributed by atoms with Crippen LogP contribution < -0.4 is 5.73 Å². The molecule has 4 N–H and O–H groups in total. The number of hydrogen-bond donors (Lipinski definition) is 3. The van der Waals surface area contributed by atoms with Gasteiger partial charge in [-0.2, -0.15) is 0 Å². The first-order valence-corrected chi connectivity index (χ1v) is 8.86. The van der Waals surface area contributed by atoms with E-state index in [0.717, 1.165) is 11.1 Å². The fourth-order valence-electron chi connectivity index (χ4n) is 3.28. The number of aromatic nitrogens is 1. The maximum Gasteiger partial charge on any atom is 0.303 e. The second kappa shape index (κ2) is 7.99. The summed E-state index contributed by atoms with van der Waals surface area (Å²) in [6, 6.07) is 10.8. The molecular weight excluding hydrogens is 344 g/mol. The average molecular weight is 366 g/mol. The number of amidine groups is 1. The van der Waals surface area contributed by atoms with Gasteiger partial charge in [0, 0.05) is 36.8 Å². The molecule has 1 amide bonds. The summed E-state index contributed by atoms with van der Waals surface area (Å²) in [5.41, 5.74) is 8.31. The Bertz CT molecular complexity index is 839. The Morgan fingerprint density at radius 2 is 1.74 bits per heavy atom. The van der Waals surface area contributed by atoms with E-state index >= 15 is 0 Å². The number of amides is 1. The smallest absolute Gasteiger partial charge is 0.303 e. The highest BCUT2D eigenvalue weighted by Crippen LogP contribution is 2.23. The highest BCUT2D eigenvalue weighted by Gasteiger charge is 2.25. The number of carbonyl (C=O) groups excluding carboxylic acids is 1. The summed E-state index contributed by atoms with van der Waals surface area (Å²) in [5.74, 6) is -0.747. The number of likely N-dealkylation sites (tertiary alicyclic amines) is 1. The number of nitrogens with one attached hydrogen (secondary N) is 1. The van der Waals surface area contributed by atoms with Gasteiger partial charge in [0.1, 0.15) is 11.5 Å². The van der Waals surface area contributed by atoms with Crippen LogP contribution in [0.4, 0.5) is 0 Å². The number of pyridine rings is 1. The molecule has 0 radical (unpaired) electrons. The summed E-state index contributed by atoms with van der Waals surface area (Å²) in [5, 5.41) is 16.3. The molecule has 1 fully saturated rings. The maximum atomic E-state index is 12.6. The molecule has 1 aliphatic heterocycles. The topological polar surface area (TPSA) is 120 Å². The van der Waals surface area contributed by atoms with E-state index in [1.807, 2.05) is 18.2 Å². The summed E-state index contributed by atoms with van der Waals surface area (Å²) in [6.07, 6.45) is 3.24. The van der Waals surface area contributed by atoms with Gasteiger partial charge in [0.2, 0.25) is 0 Å². The third-order valence-electron chi connectivity index (χ3n) is 4.88. The summed E-state index contributed by atoms with van der Waals surface area (Å²) >= 11 is 0. The van der Waals surface area contributed by atoms with Crippen molar-refractivity contribution < 1.29 is 14.7 Å². The molecule has 0 atom stereocenters. The van der Waals surface area contributed by atoms with Crippen LogP contribution in [-0.2, 0) is 4.79 Å². The molecule has 140 valence electrons. The standard InChI is InChI=1S/C20H22N4O3/c21-19(22)15-3-1-14(2-4-15)16-5-6-17(23-12-16)20(27)24-9-7-13(8-10-24)11-18(25)26/h1-6,12-13H,7-11H2,(H3,21,22)(H,25,26). The quantitative estimate of drug-likeness (QED) is 0.554. The van der Waals surface area contributed by atoms with Crippen LogP contribution in [-0.4, -0.2) is 45.8 Å². The molecular formula is C20H22N4O3. The molecule has 27 heavy (non-hydrogen) atoms. The number of carbonyl (C=O) groups is 2. The largest absolute Gasteiger partial charge is 0.481 e. The van der Waals surface area contributed by atoms with E-state index in [-0.39, 0.29) is 24.1 Å². The van der Waals surface area contributed by atoms with Crippen LogP contribution in [0.25, 0.3) is 11.1 Å². The fourth-order valence-corrected chi connectivity index (χ4v) is 3.28. The van der Waals surface area contributed by atoms with E-state index in [9.17, 15) is 9.59 Å². The molecule has 0 unspecified atom stereocenters. The van der Waals surface area contributed by atoms with E-state index in [1.54, 1.807) is 29.3 Å². The van der Waals surface area contributed by atoms with Crippen molar-refractivity contribution >= 4 is 17.7 Å². The molecule has 7 heteroatoms. The molecule has 0 aliphatic carbocycles. The Hall–Kier alpha value is -3.22. The number of nitrogens with zero attached hydrogens (tertiary/aromatic N) is 2. The number of benzene rings is 1. The molecule has 0 spiro atoms. The second-order valence-corrected chi connectivity index (χ2v) is 6.76. The highest BCUT2D eigenvalue weighted by atomic mass is 16.4. The van der Waals surface area contributed by atoms with E-state index in [1.165, 1.54) is 0 Å². The van der Waals surface area contributed by atoms with Crippen molar-refractivity contribution in [2.45, 2.75) is 19.3 Å². The van der Waals surface area contributed by atoms with Crippen molar-refractivity contribution in [1.82, 2.24) is 9.88 Å². The molecule has 1 aromatic carbocycles. The van der Waals surface area contributed by atoms with Crippen LogP contribution in [0.1, 0.15) is 35.3 Å². The van der Waals surface area contributed by atoms with Crippen LogP contribution >= 0.6 is 0 Å². The van der Waals surface area contributed by atoms with Crippen molar-refractivity contribution in [1.29, 1.82) is 5.41 Å². The maximum absolute atomic E-state index is 12.6. The minimum absolute atomic E-state index is 0.0211. The monoisotopic (exact) mass is 366 g/mol. The van der Waals surface area contributed by atoms with Gasteiger partial charge in [0.25, 0.3) is 5.91 Å². The van der Waals surface area contributed by atoms with Crippen molar-refractivity contribution in [2.24, 2.45) is 11.7 Å². The molecule has 3 rings (SSSR count). The van der Waals surface area contributed by atoms with Gasteiger partial charge < -0.3 is 15.7 Å². The number of nitrogen functional groups attached to an aromatic ring is 1. The Morgan fingerprint density at radius 1 is 1.11 bits per heavy atom. The number of hydrogen-bond acceptors (Lipinski definition) is 4. The normalized spacial score (nSPS) is 14.7. The first-order chi connectivity index (χ1) is 12.9. The Labute approximate surface area is 157 Å². The lowest BCUT2D eigenvalue weighted by molar-refractivity contribution is -0.138. The molecule has 1 aromatic heterocycles. The third-order valence-corrected chi connectivity index (χ3v) is 4.88. The molecule has 2 aromatic rings. The molecule has 1 saturated heterocycles. The average Bonchev–Trinajstić information content (AvgIpc) is 2.68. The SMILES string of the molecule is N=C(N)c1ccc(-c2ccc(C(=O)N3CCC(CC(=O)O)CC3)nc2)cc1. The predicted molar refractivity (Wildman–Crippen MR) is 102 cm³/mol. The van der Waals surface area contributed by atoms with Crippen molar-refractivity contribution in [3.8, 4) is 11.1 Å². The van der Waals surface area contributed by atoms with E-state index in [0.29, 0.717) is 37.2 Å². The third kappa shape index (κ3) is 4.49. The Morgan fingerprint density at radius 3 is 2.26 bits per heavy atom. The van der Waals surface area contributed by atoms with Crippen LogP contribution in [0.3, 0.4) is 0 Å². The van der Waals surface area contributed by atoms with Crippen LogP contribution in [0.2, 0.25) is 0 Å². The van der Waals surface area contributed by atoms with Gasteiger partial charge in [-0.05, 0) is 30.4 Å². The lowest BCUT2D eigenvalue weighted by Crippen LogP contribution is -2.39. The van der Waals surface area contributed by atoms with E-state index in [4.69, 9.17) is 16.2 Å². The highest BCUT2D eigenvalue weighted by molar-refractivity contribution is 5.95. The first-order valence-electron chi connectivity index (χ1n) is 8.86. The number of nitrogens with two attached hydrogens (primary N) is 1. The van der Waals surface area contributed by atoms with Crippen molar-refractivity contribution in [3.05, 3.63) is 53.9 Å². The summed E-state index contributed by atoms with van der Waals surface area (Å²) in [4.78, 5) is 29.4. The van der Waals surface area contributed by atoms with Gasteiger partial charge in [0.05, 0.1) is 0 Å². The molecule has 0 bridgehead atoms. The summed E-state index contributed by atoms with van der Waals surface area (Å²) in [7, 11) is 0. The zero-order valence-corrected chi connectivity index (χ0v) is 14.9. The van der Waals surface area contributed by atoms with Crippen LogP contribution in [0, 0.1) is 11.3 Å². The Kier molecular flexibility index (Phi) is 5.49. The van der Waals surface area contributed by atoms with Gasteiger partial charge >= 0.3 is 5.97 Å². The zero-order valence-electron chi connectivity index (χ0n) is 14.9. The number of rotatable bonds is 5. The summed E-state index contributed by atoms with van der Waals surface area (Å²) < 4.78 is 0. The molecule has 2 heterocycles. The van der Waals surface area contributed by atoms with Gasteiger partial charge in [-0.15, -0.1) is 0 Å². The lowest BCUT2D eigenvalue weighted by Gasteiger charge is -2.31. The number of aliphatic carboxylic acids is 1. The van der Waals surface area contributed by atoms with Crippen LogP contribution in [0.15, 0.2) is 42.6 Å². The molecule has 1 aliphatic rings. The van der Waals surface area contributed by atoms with E-state index in [2.05, 4.69) is 4.98 Å². The number of piperidine rings is 1. The number of carboxylic acid groups (broad SMARTS) is 1. The van der Waals surface area contributed by atoms with Crippen molar-refractivity contribution in [3.63, 3.8) is 0 Å². The van der Waals surface area contributed by atoms with Crippen molar-refractivity contribution in [2.75, 3.05) is 13.1 Å². The fraction of sp³-hybridized carbons (Fsp3) is 0.300. The first kappa shape index (κ1) is 18.6. The lowest BCUT2D eigenvalue weighted by atomic mass is 9.93. The molecule has 7 nitrogen and oxygen atoms in total. The van der Waals surface area contributed by atoms with Gasteiger partial charge in [-0.1, -0.05) is 30.3 Å². The zero-order chi connectivity index (χ0) is 19.4. The van der Waals surface area contributed by atoms with Gasteiger partial charge in [-0.3, -0.25) is 20.0 Å². The number of carboxylic acids is 1. The van der Waals surface area contributed by atoms with E-state index < -0.39 is 5.97 Å².